The van der Waals surface area contributed by atoms with Crippen LogP contribution in [0, 0.1) is 12.3 Å². The van der Waals surface area contributed by atoms with E-state index in [2.05, 4.69) is 63.9 Å². The summed E-state index contributed by atoms with van der Waals surface area (Å²) in [5.41, 5.74) is 9.53. The molecule has 1 fully saturated rings. The van der Waals surface area contributed by atoms with E-state index in [1.807, 2.05) is 0 Å². The number of aryl methyl sites for hydroxylation is 1. The summed E-state index contributed by atoms with van der Waals surface area (Å²) >= 11 is 0. The third-order valence-electron chi connectivity index (χ3n) is 5.21. The molecule has 2 heteroatoms. The molecule has 2 unspecified atom stereocenters. The van der Waals surface area contributed by atoms with Crippen molar-refractivity contribution in [3.8, 4) is 0 Å². The van der Waals surface area contributed by atoms with Crippen LogP contribution < -0.4 is 5.73 Å². The molecule has 2 N–H and O–H groups in total. The maximum atomic E-state index is 6.34. The lowest BCUT2D eigenvalue weighted by Crippen LogP contribution is -2.45. The third-order valence-corrected chi connectivity index (χ3v) is 5.21. The second kappa shape index (κ2) is 6.50. The van der Waals surface area contributed by atoms with Gasteiger partial charge in [0.2, 0.25) is 0 Å². The van der Waals surface area contributed by atoms with E-state index in [1.54, 1.807) is 0 Å². The molecule has 0 spiro atoms. The van der Waals surface area contributed by atoms with Crippen LogP contribution in [-0.2, 0) is 0 Å². The molecule has 0 radical (unpaired) electrons. The number of rotatable bonds is 4. The molecule has 118 valence electrons. The van der Waals surface area contributed by atoms with Crippen molar-refractivity contribution in [3.05, 3.63) is 35.4 Å². The highest BCUT2D eigenvalue weighted by Gasteiger charge is 2.33. The van der Waals surface area contributed by atoms with Gasteiger partial charge in [-0.05, 0) is 57.6 Å². The summed E-state index contributed by atoms with van der Waals surface area (Å²) in [6.45, 7) is 9.08. The lowest BCUT2D eigenvalue weighted by molar-refractivity contribution is 0.0856. The largest absolute Gasteiger partial charge is 0.326 e. The minimum Gasteiger partial charge on any atom is -0.326 e. The average Bonchev–Trinajstić information content (AvgIpc) is 2.38. The lowest BCUT2D eigenvalue weighted by Gasteiger charge is -2.43. The zero-order valence-electron chi connectivity index (χ0n) is 14.4. The Morgan fingerprint density at radius 2 is 1.86 bits per heavy atom. The first-order valence-corrected chi connectivity index (χ1v) is 8.34. The number of benzene rings is 1. The summed E-state index contributed by atoms with van der Waals surface area (Å²) in [5, 5.41) is 0. The first-order chi connectivity index (χ1) is 9.80. The maximum Gasteiger partial charge on any atom is 0.0496 e. The average molecular weight is 288 g/mol. The minimum absolute atomic E-state index is 0.145. The molecule has 2 rings (SSSR count). The monoisotopic (exact) mass is 288 g/mol. The highest BCUT2D eigenvalue weighted by atomic mass is 15.2. The van der Waals surface area contributed by atoms with Gasteiger partial charge in [0.05, 0.1) is 0 Å². The van der Waals surface area contributed by atoms with Crippen LogP contribution in [0.3, 0.4) is 0 Å². The molecule has 21 heavy (non-hydrogen) atoms. The Kier molecular flexibility index (Phi) is 5.11. The molecular weight excluding hydrogens is 256 g/mol. The molecule has 1 aliphatic carbocycles. The molecule has 1 aliphatic rings. The Balaban J connectivity index is 2.15. The zero-order valence-corrected chi connectivity index (χ0v) is 14.4. The van der Waals surface area contributed by atoms with Gasteiger partial charge in [-0.2, -0.15) is 0 Å². The van der Waals surface area contributed by atoms with E-state index >= 15 is 0 Å². The molecule has 0 heterocycles. The van der Waals surface area contributed by atoms with Crippen LogP contribution in [0.25, 0.3) is 0 Å². The molecule has 1 saturated carbocycles. The van der Waals surface area contributed by atoms with Crippen LogP contribution in [-0.4, -0.2) is 24.0 Å². The van der Waals surface area contributed by atoms with E-state index in [4.69, 9.17) is 5.73 Å². The van der Waals surface area contributed by atoms with Crippen molar-refractivity contribution < 1.29 is 0 Å². The van der Waals surface area contributed by atoms with Gasteiger partial charge in [-0.25, -0.2) is 0 Å². The number of hydrogen-bond donors (Lipinski definition) is 1. The molecule has 2 nitrogen and oxygen atoms in total. The van der Waals surface area contributed by atoms with Gasteiger partial charge in [-0.3, -0.25) is 4.90 Å². The van der Waals surface area contributed by atoms with Crippen molar-refractivity contribution in [1.82, 2.24) is 4.90 Å². The molecule has 2 atom stereocenters. The number of likely N-dealkylation sites (N-methyl/N-ethyl adjacent to an activating group) is 1. The van der Waals surface area contributed by atoms with Crippen LogP contribution in [0.15, 0.2) is 24.3 Å². The molecule has 1 aromatic carbocycles. The van der Waals surface area contributed by atoms with Gasteiger partial charge >= 0.3 is 0 Å². The third kappa shape index (κ3) is 4.08. The van der Waals surface area contributed by atoms with Gasteiger partial charge in [-0.15, -0.1) is 0 Å². The lowest BCUT2D eigenvalue weighted by atomic mass is 9.75. The molecular formula is C19H32N2. The Labute approximate surface area is 130 Å². The molecule has 0 saturated heterocycles. The van der Waals surface area contributed by atoms with E-state index in [0.717, 1.165) is 0 Å². The van der Waals surface area contributed by atoms with Gasteiger partial charge in [-0.1, -0.05) is 43.7 Å². The summed E-state index contributed by atoms with van der Waals surface area (Å²) < 4.78 is 0. The van der Waals surface area contributed by atoms with Crippen LogP contribution in [0.4, 0.5) is 0 Å². The normalized spacial score (nSPS) is 22.2. The van der Waals surface area contributed by atoms with Gasteiger partial charge in [0.15, 0.2) is 0 Å². The van der Waals surface area contributed by atoms with Crippen LogP contribution in [0.5, 0.6) is 0 Å². The van der Waals surface area contributed by atoms with Crippen molar-refractivity contribution >= 4 is 0 Å². The second-order valence-electron chi connectivity index (χ2n) is 7.78. The van der Waals surface area contributed by atoms with Gasteiger partial charge in [0.1, 0.15) is 0 Å². The predicted molar refractivity (Wildman–Crippen MR) is 91.4 cm³/mol. The first kappa shape index (κ1) is 16.5. The van der Waals surface area contributed by atoms with Crippen LogP contribution >= 0.6 is 0 Å². The number of nitrogens with zero attached hydrogens (tertiary/aromatic N) is 1. The summed E-state index contributed by atoms with van der Waals surface area (Å²) in [6, 6.07) is 9.95. The van der Waals surface area contributed by atoms with Crippen molar-refractivity contribution in [2.75, 3.05) is 7.05 Å². The highest BCUT2D eigenvalue weighted by Crippen LogP contribution is 2.39. The fraction of sp³-hybridized carbons (Fsp3) is 0.684. The minimum atomic E-state index is 0.145. The summed E-state index contributed by atoms with van der Waals surface area (Å²) in [4.78, 5) is 2.54. The van der Waals surface area contributed by atoms with E-state index in [9.17, 15) is 0 Å². The zero-order chi connectivity index (χ0) is 15.6. The maximum absolute atomic E-state index is 6.34. The fourth-order valence-electron chi connectivity index (χ4n) is 3.78. The highest BCUT2D eigenvalue weighted by molar-refractivity contribution is 5.26. The van der Waals surface area contributed by atoms with E-state index in [-0.39, 0.29) is 6.04 Å². The van der Waals surface area contributed by atoms with Gasteiger partial charge < -0.3 is 5.73 Å². The van der Waals surface area contributed by atoms with E-state index < -0.39 is 0 Å². The summed E-state index contributed by atoms with van der Waals surface area (Å²) in [6.07, 6.45) is 5.22. The Bertz CT molecular complexity index is 454. The summed E-state index contributed by atoms with van der Waals surface area (Å²) in [5.74, 6) is 0. The van der Waals surface area contributed by atoms with Crippen LogP contribution in [0.1, 0.15) is 63.6 Å². The van der Waals surface area contributed by atoms with Crippen molar-refractivity contribution in [2.24, 2.45) is 11.1 Å². The molecule has 0 bridgehead atoms. The van der Waals surface area contributed by atoms with Crippen LogP contribution in [0.2, 0.25) is 0 Å². The van der Waals surface area contributed by atoms with E-state index in [0.29, 0.717) is 17.5 Å². The molecule has 0 aliphatic heterocycles. The van der Waals surface area contributed by atoms with E-state index in [1.165, 1.54) is 36.8 Å². The molecule has 1 aromatic rings. The number of hydrogen-bond acceptors (Lipinski definition) is 2. The smallest absolute Gasteiger partial charge is 0.0496 e. The van der Waals surface area contributed by atoms with Crippen molar-refractivity contribution in [3.63, 3.8) is 0 Å². The number of nitrogens with two attached hydrogens (primary N) is 1. The Morgan fingerprint density at radius 1 is 1.24 bits per heavy atom. The fourth-order valence-corrected chi connectivity index (χ4v) is 3.78. The van der Waals surface area contributed by atoms with Gasteiger partial charge in [0.25, 0.3) is 0 Å². The summed E-state index contributed by atoms with van der Waals surface area (Å²) in [7, 11) is 2.26. The SMILES string of the molecule is Cc1cccc(C(C(C)N)N(C)C2CCC(C)(C)CC2)c1. The van der Waals surface area contributed by atoms with Crippen molar-refractivity contribution in [1.29, 1.82) is 0 Å². The Morgan fingerprint density at radius 3 is 2.38 bits per heavy atom. The second-order valence-corrected chi connectivity index (χ2v) is 7.78. The molecule has 0 aromatic heterocycles. The first-order valence-electron chi connectivity index (χ1n) is 8.34. The van der Waals surface area contributed by atoms with Crippen molar-refractivity contribution in [2.45, 2.75) is 71.5 Å². The molecule has 0 amide bonds. The van der Waals surface area contributed by atoms with Gasteiger partial charge in [0, 0.05) is 18.1 Å². The predicted octanol–water partition coefficient (Wildman–Crippen LogP) is 4.28. The topological polar surface area (TPSA) is 29.3 Å². The standard InChI is InChI=1S/C19H32N2/c1-14-7-6-8-16(13-14)18(15(2)20)21(5)17-9-11-19(3,4)12-10-17/h6-8,13,15,17-18H,9-12,20H2,1-5H3. The Hall–Kier alpha value is -0.860. The quantitative estimate of drug-likeness (QED) is 0.896.